The van der Waals surface area contributed by atoms with Crippen LogP contribution in [0, 0.1) is 0 Å². The van der Waals surface area contributed by atoms with Crippen molar-refractivity contribution < 1.29 is 27.5 Å². The lowest BCUT2D eigenvalue weighted by Gasteiger charge is -2.11. The van der Waals surface area contributed by atoms with Crippen LogP contribution in [-0.2, 0) is 17.5 Å². The molecule has 6 nitrogen and oxygen atoms in total. The molecule has 0 bridgehead atoms. The number of rotatable bonds is 6. The highest BCUT2D eigenvalue weighted by Gasteiger charge is 2.30. The van der Waals surface area contributed by atoms with Gasteiger partial charge >= 0.3 is 6.18 Å². The van der Waals surface area contributed by atoms with E-state index in [0.717, 1.165) is 37.1 Å². The Balaban J connectivity index is 1.48. The van der Waals surface area contributed by atoms with E-state index >= 15 is 0 Å². The summed E-state index contributed by atoms with van der Waals surface area (Å²) in [5.41, 5.74) is 0.280. The first-order valence-corrected chi connectivity index (χ1v) is 11.6. The number of halogens is 3. The van der Waals surface area contributed by atoms with Crippen LogP contribution in [0.1, 0.15) is 44.7 Å². The van der Waals surface area contributed by atoms with Crippen molar-refractivity contribution >= 4 is 23.2 Å². The number of aromatic nitrogens is 1. The normalized spacial score (nSPS) is 16.6. The number of alkyl halides is 3. The van der Waals surface area contributed by atoms with Gasteiger partial charge in [-0.15, -0.1) is 11.3 Å². The van der Waals surface area contributed by atoms with Gasteiger partial charge in [-0.2, -0.15) is 18.2 Å². The van der Waals surface area contributed by atoms with Crippen LogP contribution < -0.4 is 10.1 Å². The Morgan fingerprint density at radius 2 is 1.94 bits per heavy atom. The number of thiazole rings is 1. The van der Waals surface area contributed by atoms with Crippen molar-refractivity contribution in [2.75, 3.05) is 13.2 Å². The molecule has 2 heterocycles. The molecule has 2 aromatic carbocycles. The zero-order chi connectivity index (χ0) is 24.1. The molecular weight excluding hydrogens is 467 g/mol. The van der Waals surface area contributed by atoms with Gasteiger partial charge in [0.2, 0.25) is 0 Å². The molecule has 4 rings (SSSR count). The predicted molar refractivity (Wildman–Crippen MR) is 120 cm³/mol. The van der Waals surface area contributed by atoms with Crippen molar-refractivity contribution in [1.29, 1.82) is 0 Å². The van der Waals surface area contributed by atoms with Crippen molar-refractivity contribution in [3.63, 3.8) is 0 Å². The first kappa shape index (κ1) is 23.9. The van der Waals surface area contributed by atoms with Gasteiger partial charge in [-0.1, -0.05) is 18.2 Å². The number of benzene rings is 2. The molecule has 3 aromatic rings. The molecule has 1 saturated heterocycles. The molecule has 1 aliphatic heterocycles. The van der Waals surface area contributed by atoms with Crippen LogP contribution >= 0.6 is 11.3 Å². The van der Waals surface area contributed by atoms with Gasteiger partial charge in [0.15, 0.2) is 4.80 Å². The summed E-state index contributed by atoms with van der Waals surface area (Å²) < 4.78 is 46.1. The van der Waals surface area contributed by atoms with Gasteiger partial charge in [0.05, 0.1) is 11.7 Å². The summed E-state index contributed by atoms with van der Waals surface area (Å²) in [6.07, 6.45) is -0.835. The second-order valence-corrected chi connectivity index (χ2v) is 8.73. The van der Waals surface area contributed by atoms with Crippen molar-refractivity contribution in [3.8, 4) is 0 Å². The molecule has 1 N–H and O–H groups in total. The lowest BCUT2D eigenvalue weighted by Crippen LogP contribution is -2.31. The van der Waals surface area contributed by atoms with E-state index in [-0.39, 0.29) is 17.6 Å². The predicted octanol–water partition coefficient (Wildman–Crippen LogP) is 4.27. The van der Waals surface area contributed by atoms with E-state index in [2.05, 4.69) is 10.3 Å². The monoisotopic (exact) mass is 489 g/mol. The fraction of sp³-hybridized carbons (Fsp3) is 0.292. The van der Waals surface area contributed by atoms with Crippen molar-refractivity contribution in [2.24, 2.45) is 4.99 Å². The highest BCUT2D eigenvalue weighted by molar-refractivity contribution is 7.07. The maximum Gasteiger partial charge on any atom is 0.416 e. The molecular formula is C24H22F3N3O3S. The smallest absolute Gasteiger partial charge is 0.376 e. The highest BCUT2D eigenvalue weighted by atomic mass is 32.1. The van der Waals surface area contributed by atoms with E-state index < -0.39 is 17.6 Å². The number of hydrogen-bond donors (Lipinski definition) is 1. The maximum atomic E-state index is 13.0. The molecule has 0 saturated carbocycles. The topological polar surface area (TPSA) is 72.7 Å². The van der Waals surface area contributed by atoms with Crippen LogP contribution in [-0.4, -0.2) is 35.6 Å². The zero-order valence-electron chi connectivity index (χ0n) is 18.0. The van der Waals surface area contributed by atoms with Gasteiger partial charge in [-0.25, -0.2) is 0 Å². The number of carbonyl (C=O) groups is 2. The molecule has 1 aromatic heterocycles. The van der Waals surface area contributed by atoms with Crippen molar-refractivity contribution in [1.82, 2.24) is 9.88 Å². The van der Waals surface area contributed by atoms with Gasteiger partial charge in [0.25, 0.3) is 11.8 Å². The molecule has 0 spiro atoms. The Bertz CT molecular complexity index is 1240. The second-order valence-electron chi connectivity index (χ2n) is 7.85. The van der Waals surface area contributed by atoms with Crippen LogP contribution in [0.25, 0.3) is 0 Å². The third-order valence-corrected chi connectivity index (χ3v) is 6.14. The summed E-state index contributed by atoms with van der Waals surface area (Å²) >= 11 is 1.19. The van der Waals surface area contributed by atoms with E-state index in [1.165, 1.54) is 23.5 Å². The lowest BCUT2D eigenvalue weighted by atomic mass is 10.1. The molecule has 1 aliphatic rings. The summed E-state index contributed by atoms with van der Waals surface area (Å²) in [5.74, 6) is -0.957. The van der Waals surface area contributed by atoms with Gasteiger partial charge < -0.3 is 14.6 Å². The molecule has 1 unspecified atom stereocenters. The average Bonchev–Trinajstić information content (AvgIpc) is 3.49. The van der Waals surface area contributed by atoms with Crippen LogP contribution in [0.2, 0.25) is 0 Å². The van der Waals surface area contributed by atoms with Crippen LogP contribution in [0.3, 0.4) is 0 Å². The van der Waals surface area contributed by atoms with Crippen LogP contribution in [0.4, 0.5) is 13.2 Å². The fourth-order valence-corrected chi connectivity index (χ4v) is 4.33. The molecule has 0 radical (unpaired) electrons. The SMILES string of the molecule is O=C(N=c1sccn1Cc1cccc(C(=O)NCC2CCCO2)c1)c1cccc(C(F)(F)F)c1. The van der Waals surface area contributed by atoms with E-state index in [0.29, 0.717) is 23.5 Å². The van der Waals surface area contributed by atoms with Gasteiger partial charge in [0.1, 0.15) is 0 Å². The average molecular weight is 490 g/mol. The molecule has 2 amide bonds. The first-order valence-electron chi connectivity index (χ1n) is 10.7. The molecule has 1 atom stereocenters. The minimum Gasteiger partial charge on any atom is -0.376 e. The summed E-state index contributed by atoms with van der Waals surface area (Å²) in [5, 5.41) is 4.62. The standard InChI is InChI=1S/C24H22F3N3O3S/c25-24(26,27)19-7-2-6-18(13-19)22(32)29-23-30(9-11-34-23)15-16-4-1-5-17(12-16)21(31)28-14-20-8-3-10-33-20/h1-2,4-7,9,11-13,20H,3,8,10,14-15H2,(H,28,31). The summed E-state index contributed by atoms with van der Waals surface area (Å²) in [6, 6.07) is 11.3. The Morgan fingerprint density at radius 3 is 2.71 bits per heavy atom. The van der Waals surface area contributed by atoms with Crippen molar-refractivity contribution in [2.45, 2.75) is 31.7 Å². The quantitative estimate of drug-likeness (QED) is 0.562. The van der Waals surface area contributed by atoms with E-state index in [1.54, 1.807) is 34.3 Å². The molecule has 1 fully saturated rings. The first-order chi connectivity index (χ1) is 16.3. The van der Waals surface area contributed by atoms with Gasteiger partial charge in [0, 0.05) is 42.4 Å². The third-order valence-electron chi connectivity index (χ3n) is 5.35. The second kappa shape index (κ2) is 10.4. The maximum absolute atomic E-state index is 13.0. The minimum absolute atomic E-state index is 0.0482. The van der Waals surface area contributed by atoms with Gasteiger partial charge in [-0.05, 0) is 48.7 Å². The van der Waals surface area contributed by atoms with Crippen LogP contribution in [0.5, 0.6) is 0 Å². The molecule has 10 heteroatoms. The van der Waals surface area contributed by atoms with E-state index in [1.807, 2.05) is 6.07 Å². The Kier molecular flexibility index (Phi) is 7.28. The highest BCUT2D eigenvalue weighted by Crippen LogP contribution is 2.29. The number of carbonyl (C=O) groups excluding carboxylic acids is 2. The number of amides is 2. The number of ether oxygens (including phenoxy) is 1. The lowest BCUT2D eigenvalue weighted by molar-refractivity contribution is -0.137. The largest absolute Gasteiger partial charge is 0.416 e. The molecule has 178 valence electrons. The fourth-order valence-electron chi connectivity index (χ4n) is 3.61. The van der Waals surface area contributed by atoms with E-state index in [9.17, 15) is 22.8 Å². The van der Waals surface area contributed by atoms with Gasteiger partial charge in [-0.3, -0.25) is 9.59 Å². The Labute approximate surface area is 197 Å². The minimum atomic E-state index is -4.54. The van der Waals surface area contributed by atoms with E-state index in [4.69, 9.17) is 4.74 Å². The Hall–Kier alpha value is -3.24. The number of hydrogen-bond acceptors (Lipinski definition) is 4. The summed E-state index contributed by atoms with van der Waals surface area (Å²) in [6.45, 7) is 1.52. The zero-order valence-corrected chi connectivity index (χ0v) is 18.9. The summed E-state index contributed by atoms with van der Waals surface area (Å²) in [7, 11) is 0. The Morgan fingerprint density at radius 1 is 1.15 bits per heavy atom. The van der Waals surface area contributed by atoms with Crippen LogP contribution in [0.15, 0.2) is 65.1 Å². The van der Waals surface area contributed by atoms with Crippen molar-refractivity contribution in [3.05, 3.63) is 87.2 Å². The summed E-state index contributed by atoms with van der Waals surface area (Å²) in [4.78, 5) is 29.4. The number of nitrogens with zero attached hydrogens (tertiary/aromatic N) is 2. The number of nitrogens with one attached hydrogen (secondary N) is 1. The third kappa shape index (κ3) is 6.00. The molecule has 34 heavy (non-hydrogen) atoms. The molecule has 0 aliphatic carbocycles.